The molecule has 1 rings (SSSR count). The molecule has 0 N–H and O–H groups in total. The van der Waals surface area contributed by atoms with Crippen LogP contribution >= 0.6 is 0 Å². The predicted molar refractivity (Wildman–Crippen MR) is 55.3 cm³/mol. The van der Waals surface area contributed by atoms with Crippen LogP contribution in [-0.2, 0) is 4.79 Å². The summed E-state index contributed by atoms with van der Waals surface area (Å²) in [6.07, 6.45) is 7.44. The number of aliphatic imine (C=N–C) groups is 1. The fourth-order valence-corrected chi connectivity index (χ4v) is 1.62. The van der Waals surface area contributed by atoms with Gasteiger partial charge >= 0.3 is 0 Å². The number of unbranched alkanes of at least 4 members (excludes halogenated alkanes) is 3. The second-order valence-electron chi connectivity index (χ2n) is 3.67. The first-order valence-corrected chi connectivity index (χ1v) is 5.41. The van der Waals surface area contributed by atoms with Crippen LogP contribution in [0.3, 0.4) is 0 Å². The molecule has 2 nitrogen and oxygen atoms in total. The van der Waals surface area contributed by atoms with Crippen LogP contribution in [0.4, 0.5) is 0 Å². The molecule has 0 amide bonds. The van der Waals surface area contributed by atoms with Gasteiger partial charge in [-0.2, -0.15) is 0 Å². The zero-order valence-corrected chi connectivity index (χ0v) is 8.51. The summed E-state index contributed by atoms with van der Waals surface area (Å²) in [6, 6.07) is 0. The number of carbonyl (C=O) groups is 1. The summed E-state index contributed by atoms with van der Waals surface area (Å²) in [5.74, 6) is 0.300. The van der Waals surface area contributed by atoms with Gasteiger partial charge in [-0.05, 0) is 19.3 Å². The third kappa shape index (κ3) is 3.71. The van der Waals surface area contributed by atoms with Gasteiger partial charge in [-0.15, -0.1) is 0 Å². The van der Waals surface area contributed by atoms with Gasteiger partial charge in [0.15, 0.2) is 5.78 Å². The molecular formula is C11H19NO. The maximum absolute atomic E-state index is 11.5. The molecule has 1 heterocycles. The van der Waals surface area contributed by atoms with Crippen molar-refractivity contribution < 1.29 is 4.79 Å². The first-order chi connectivity index (χ1) is 6.34. The third-order valence-corrected chi connectivity index (χ3v) is 2.45. The highest BCUT2D eigenvalue weighted by molar-refractivity contribution is 6.40. The topological polar surface area (TPSA) is 29.4 Å². The first-order valence-electron chi connectivity index (χ1n) is 5.41. The maximum atomic E-state index is 11.5. The van der Waals surface area contributed by atoms with E-state index in [9.17, 15) is 4.79 Å². The molecule has 0 aliphatic carbocycles. The highest BCUT2D eigenvalue weighted by Gasteiger charge is 2.13. The second kappa shape index (κ2) is 5.90. The Labute approximate surface area is 80.4 Å². The molecule has 1 aliphatic rings. The fraction of sp³-hybridized carbons (Fsp3) is 0.818. The molecule has 0 atom stereocenters. The smallest absolute Gasteiger partial charge is 0.176 e. The number of rotatable bonds is 6. The van der Waals surface area contributed by atoms with Crippen LogP contribution in [0.1, 0.15) is 51.9 Å². The molecule has 2 heteroatoms. The van der Waals surface area contributed by atoms with Crippen LogP contribution in [0.25, 0.3) is 0 Å². The molecule has 0 saturated carbocycles. The van der Waals surface area contributed by atoms with Gasteiger partial charge in [-0.1, -0.05) is 26.2 Å². The van der Waals surface area contributed by atoms with E-state index in [0.29, 0.717) is 5.78 Å². The molecule has 74 valence electrons. The molecular weight excluding hydrogens is 162 g/mol. The van der Waals surface area contributed by atoms with E-state index in [4.69, 9.17) is 0 Å². The normalized spacial score (nSPS) is 15.9. The Morgan fingerprint density at radius 2 is 2.23 bits per heavy atom. The standard InChI is InChI=1S/C11H19NO/c1-2-3-4-5-8-11(13)10-7-6-9-12-10/h2-9H2,1H3. The van der Waals surface area contributed by atoms with Crippen molar-refractivity contribution in [3.8, 4) is 0 Å². The van der Waals surface area contributed by atoms with E-state index in [0.717, 1.165) is 37.9 Å². The Kier molecular flexibility index (Phi) is 4.73. The first kappa shape index (κ1) is 10.4. The molecule has 0 spiro atoms. The molecule has 0 unspecified atom stereocenters. The van der Waals surface area contributed by atoms with Gasteiger partial charge in [0, 0.05) is 13.0 Å². The van der Waals surface area contributed by atoms with E-state index in [1.54, 1.807) is 0 Å². The average molecular weight is 181 g/mol. The van der Waals surface area contributed by atoms with Crippen molar-refractivity contribution in [2.75, 3.05) is 6.54 Å². The monoisotopic (exact) mass is 181 g/mol. The lowest BCUT2D eigenvalue weighted by atomic mass is 10.1. The number of nitrogens with zero attached hydrogens (tertiary/aromatic N) is 1. The molecule has 0 saturated heterocycles. The molecule has 0 aromatic rings. The van der Waals surface area contributed by atoms with Crippen LogP contribution in [0, 0.1) is 0 Å². The molecule has 0 aromatic carbocycles. The van der Waals surface area contributed by atoms with E-state index in [2.05, 4.69) is 11.9 Å². The highest BCUT2D eigenvalue weighted by Crippen LogP contribution is 2.09. The Balaban J connectivity index is 2.10. The van der Waals surface area contributed by atoms with Crippen molar-refractivity contribution in [2.45, 2.75) is 51.9 Å². The lowest BCUT2D eigenvalue weighted by molar-refractivity contribution is -0.113. The van der Waals surface area contributed by atoms with Gasteiger partial charge in [0.1, 0.15) is 0 Å². The Hall–Kier alpha value is -0.660. The number of hydrogen-bond acceptors (Lipinski definition) is 2. The van der Waals surface area contributed by atoms with E-state index >= 15 is 0 Å². The minimum atomic E-state index is 0.300. The van der Waals surface area contributed by atoms with Crippen molar-refractivity contribution >= 4 is 11.5 Å². The van der Waals surface area contributed by atoms with Crippen molar-refractivity contribution in [1.82, 2.24) is 0 Å². The number of ketones is 1. The summed E-state index contributed by atoms with van der Waals surface area (Å²) in [6.45, 7) is 3.05. The van der Waals surface area contributed by atoms with E-state index in [-0.39, 0.29) is 0 Å². The van der Waals surface area contributed by atoms with Crippen LogP contribution in [0.15, 0.2) is 4.99 Å². The van der Waals surface area contributed by atoms with Gasteiger partial charge in [0.25, 0.3) is 0 Å². The molecule has 0 fully saturated rings. The molecule has 1 aliphatic heterocycles. The molecule has 0 radical (unpaired) electrons. The van der Waals surface area contributed by atoms with Gasteiger partial charge in [0.05, 0.1) is 5.71 Å². The van der Waals surface area contributed by atoms with Gasteiger partial charge in [0.2, 0.25) is 0 Å². The number of hydrogen-bond donors (Lipinski definition) is 0. The van der Waals surface area contributed by atoms with Crippen molar-refractivity contribution in [3.63, 3.8) is 0 Å². The number of carbonyl (C=O) groups excluding carboxylic acids is 1. The van der Waals surface area contributed by atoms with Crippen molar-refractivity contribution in [1.29, 1.82) is 0 Å². The Morgan fingerprint density at radius 1 is 1.38 bits per heavy atom. The SMILES string of the molecule is CCCCCCC(=O)C1=NCCC1. The third-order valence-electron chi connectivity index (χ3n) is 2.45. The van der Waals surface area contributed by atoms with Gasteiger partial charge in [-0.3, -0.25) is 9.79 Å². The summed E-state index contributed by atoms with van der Waals surface area (Å²) in [5.41, 5.74) is 0.858. The molecule has 0 bridgehead atoms. The fourth-order valence-electron chi connectivity index (χ4n) is 1.62. The molecule has 13 heavy (non-hydrogen) atoms. The van der Waals surface area contributed by atoms with Gasteiger partial charge < -0.3 is 0 Å². The Bertz CT molecular complexity index is 196. The Morgan fingerprint density at radius 3 is 2.85 bits per heavy atom. The lowest BCUT2D eigenvalue weighted by Crippen LogP contribution is -2.10. The largest absolute Gasteiger partial charge is 0.293 e. The average Bonchev–Trinajstić information content (AvgIpc) is 2.65. The van der Waals surface area contributed by atoms with Crippen LogP contribution < -0.4 is 0 Å². The van der Waals surface area contributed by atoms with E-state index in [1.807, 2.05) is 0 Å². The summed E-state index contributed by atoms with van der Waals surface area (Å²) >= 11 is 0. The van der Waals surface area contributed by atoms with Crippen LogP contribution in [0.5, 0.6) is 0 Å². The van der Waals surface area contributed by atoms with Gasteiger partial charge in [-0.25, -0.2) is 0 Å². The van der Waals surface area contributed by atoms with E-state index in [1.165, 1.54) is 19.3 Å². The number of Topliss-reactive ketones (excluding diaryl/α,β-unsaturated/α-hetero) is 1. The molecule has 0 aromatic heterocycles. The van der Waals surface area contributed by atoms with Crippen LogP contribution in [-0.4, -0.2) is 18.0 Å². The quantitative estimate of drug-likeness (QED) is 0.579. The minimum absolute atomic E-state index is 0.300. The lowest BCUT2D eigenvalue weighted by Gasteiger charge is -1.99. The van der Waals surface area contributed by atoms with E-state index < -0.39 is 0 Å². The highest BCUT2D eigenvalue weighted by atomic mass is 16.1. The summed E-state index contributed by atoms with van der Waals surface area (Å²) < 4.78 is 0. The van der Waals surface area contributed by atoms with Crippen molar-refractivity contribution in [2.24, 2.45) is 4.99 Å². The zero-order valence-electron chi connectivity index (χ0n) is 8.51. The van der Waals surface area contributed by atoms with Crippen molar-refractivity contribution in [3.05, 3.63) is 0 Å². The minimum Gasteiger partial charge on any atom is -0.293 e. The zero-order chi connectivity index (χ0) is 9.52. The summed E-state index contributed by atoms with van der Waals surface area (Å²) in [7, 11) is 0. The van der Waals surface area contributed by atoms with Crippen LogP contribution in [0.2, 0.25) is 0 Å². The summed E-state index contributed by atoms with van der Waals surface area (Å²) in [4.78, 5) is 15.7. The predicted octanol–water partition coefficient (Wildman–Crippen LogP) is 2.76. The maximum Gasteiger partial charge on any atom is 0.176 e. The summed E-state index contributed by atoms with van der Waals surface area (Å²) in [5, 5.41) is 0. The second-order valence-corrected chi connectivity index (χ2v) is 3.67.